The second-order valence-electron chi connectivity index (χ2n) is 3.79. The van der Waals surface area contributed by atoms with Crippen molar-refractivity contribution in [1.29, 1.82) is 0 Å². The molecule has 0 fully saturated rings. The van der Waals surface area contributed by atoms with Crippen LogP contribution in [0.5, 0.6) is 11.5 Å². The van der Waals surface area contributed by atoms with E-state index in [4.69, 9.17) is 21.1 Å². The van der Waals surface area contributed by atoms with Gasteiger partial charge in [-0.15, -0.1) is 11.3 Å². The summed E-state index contributed by atoms with van der Waals surface area (Å²) < 4.78 is 11.8. The number of aliphatic hydroxyl groups excluding tert-OH is 1. The summed E-state index contributed by atoms with van der Waals surface area (Å²) in [7, 11) is 3.14. The first-order chi connectivity index (χ1) is 9.06. The highest BCUT2D eigenvalue weighted by atomic mass is 79.9. The molecule has 0 amide bonds. The molecule has 19 heavy (non-hydrogen) atoms. The van der Waals surface area contributed by atoms with Gasteiger partial charge in [0.25, 0.3) is 0 Å². The smallest absolute Gasteiger partial charge is 0.161 e. The van der Waals surface area contributed by atoms with Gasteiger partial charge in [-0.1, -0.05) is 17.7 Å². The molecule has 0 spiro atoms. The molecule has 2 rings (SSSR count). The van der Waals surface area contributed by atoms with E-state index in [2.05, 4.69) is 15.9 Å². The van der Waals surface area contributed by atoms with Crippen LogP contribution in [0.2, 0.25) is 4.34 Å². The van der Waals surface area contributed by atoms with Crippen molar-refractivity contribution in [3.8, 4) is 11.5 Å². The SMILES string of the molecule is COc1ccc(C(O)c2cc(Br)c(Cl)s2)cc1OC. The molecule has 1 heterocycles. The lowest BCUT2D eigenvalue weighted by molar-refractivity contribution is 0.223. The maximum atomic E-state index is 10.3. The van der Waals surface area contributed by atoms with Crippen LogP contribution >= 0.6 is 38.9 Å². The van der Waals surface area contributed by atoms with Gasteiger partial charge >= 0.3 is 0 Å². The minimum absolute atomic E-state index is 0.584. The average molecular weight is 364 g/mol. The zero-order valence-corrected chi connectivity index (χ0v) is 13.5. The Kier molecular flexibility index (Phi) is 4.73. The Morgan fingerprint density at radius 2 is 1.89 bits per heavy atom. The van der Waals surface area contributed by atoms with E-state index in [1.807, 2.05) is 6.07 Å². The van der Waals surface area contributed by atoms with Crippen LogP contribution in [0.25, 0.3) is 0 Å². The zero-order valence-electron chi connectivity index (χ0n) is 10.3. The molecular weight excluding hydrogens is 352 g/mol. The van der Waals surface area contributed by atoms with E-state index in [9.17, 15) is 5.11 Å². The van der Waals surface area contributed by atoms with Crippen LogP contribution in [0.15, 0.2) is 28.7 Å². The molecule has 2 aromatic rings. The summed E-state index contributed by atoms with van der Waals surface area (Å²) in [4.78, 5) is 0.768. The fourth-order valence-corrected chi connectivity index (χ4v) is 3.44. The Labute approximate surface area is 128 Å². The Balaban J connectivity index is 2.35. The molecule has 1 aromatic heterocycles. The number of thiophene rings is 1. The summed E-state index contributed by atoms with van der Waals surface area (Å²) >= 11 is 10.7. The molecule has 0 saturated heterocycles. The lowest BCUT2D eigenvalue weighted by atomic mass is 10.1. The molecule has 1 aromatic carbocycles. The molecule has 0 aliphatic heterocycles. The largest absolute Gasteiger partial charge is 0.493 e. The van der Waals surface area contributed by atoms with E-state index in [-0.39, 0.29) is 0 Å². The number of rotatable bonds is 4. The van der Waals surface area contributed by atoms with Crippen LogP contribution in [-0.4, -0.2) is 19.3 Å². The Bertz CT molecular complexity index is 566. The van der Waals surface area contributed by atoms with Gasteiger partial charge in [0.1, 0.15) is 10.4 Å². The molecule has 0 aliphatic rings. The fourth-order valence-electron chi connectivity index (χ4n) is 1.69. The van der Waals surface area contributed by atoms with E-state index in [1.54, 1.807) is 32.4 Å². The van der Waals surface area contributed by atoms with Crippen molar-refractivity contribution in [1.82, 2.24) is 0 Å². The molecule has 1 atom stereocenters. The zero-order chi connectivity index (χ0) is 14.0. The molecule has 0 saturated carbocycles. The van der Waals surface area contributed by atoms with Gasteiger partial charge in [0.15, 0.2) is 11.5 Å². The number of methoxy groups -OCH3 is 2. The van der Waals surface area contributed by atoms with Crippen molar-refractivity contribution in [3.63, 3.8) is 0 Å². The number of benzene rings is 1. The van der Waals surface area contributed by atoms with Crippen molar-refractivity contribution in [2.75, 3.05) is 14.2 Å². The average Bonchev–Trinajstić information content (AvgIpc) is 2.77. The normalized spacial score (nSPS) is 12.3. The van der Waals surface area contributed by atoms with Gasteiger partial charge in [-0.05, 0) is 39.7 Å². The third kappa shape index (κ3) is 3.05. The van der Waals surface area contributed by atoms with Crippen LogP contribution in [-0.2, 0) is 0 Å². The van der Waals surface area contributed by atoms with Crippen LogP contribution in [0.1, 0.15) is 16.5 Å². The van der Waals surface area contributed by atoms with Crippen LogP contribution < -0.4 is 9.47 Å². The lowest BCUT2D eigenvalue weighted by Crippen LogP contribution is -1.99. The molecule has 1 N–H and O–H groups in total. The Morgan fingerprint density at radius 3 is 2.42 bits per heavy atom. The highest BCUT2D eigenvalue weighted by Gasteiger charge is 2.17. The van der Waals surface area contributed by atoms with E-state index in [0.29, 0.717) is 15.8 Å². The van der Waals surface area contributed by atoms with E-state index < -0.39 is 6.10 Å². The van der Waals surface area contributed by atoms with Crippen molar-refractivity contribution in [2.24, 2.45) is 0 Å². The van der Waals surface area contributed by atoms with Gasteiger partial charge in [0.05, 0.1) is 14.2 Å². The third-order valence-corrected chi connectivity index (χ3v) is 5.18. The van der Waals surface area contributed by atoms with E-state index in [1.165, 1.54) is 11.3 Å². The van der Waals surface area contributed by atoms with Gasteiger partial charge in [-0.3, -0.25) is 0 Å². The minimum Gasteiger partial charge on any atom is -0.493 e. The minimum atomic E-state index is -0.742. The summed E-state index contributed by atoms with van der Waals surface area (Å²) in [5, 5.41) is 10.3. The monoisotopic (exact) mass is 362 g/mol. The molecule has 1 unspecified atom stereocenters. The first-order valence-corrected chi connectivity index (χ1v) is 7.40. The van der Waals surface area contributed by atoms with Gasteiger partial charge in [-0.25, -0.2) is 0 Å². The summed E-state index contributed by atoms with van der Waals surface area (Å²) in [6, 6.07) is 7.13. The highest BCUT2D eigenvalue weighted by molar-refractivity contribution is 9.10. The molecule has 0 bridgehead atoms. The highest BCUT2D eigenvalue weighted by Crippen LogP contribution is 2.39. The number of halogens is 2. The quantitative estimate of drug-likeness (QED) is 0.882. The topological polar surface area (TPSA) is 38.7 Å². The second-order valence-corrected chi connectivity index (χ2v) is 6.33. The standard InChI is InChI=1S/C13H12BrClO3S/c1-17-9-4-3-7(5-10(9)18-2)12(16)11-6-8(14)13(15)19-11/h3-6,12,16H,1-2H3. The van der Waals surface area contributed by atoms with Gasteiger partial charge in [0.2, 0.25) is 0 Å². The summed E-state index contributed by atoms with van der Waals surface area (Å²) in [5.41, 5.74) is 0.725. The van der Waals surface area contributed by atoms with Crippen molar-refractivity contribution in [2.45, 2.75) is 6.10 Å². The summed E-state index contributed by atoms with van der Waals surface area (Å²) in [6.07, 6.45) is -0.742. The van der Waals surface area contributed by atoms with Crippen molar-refractivity contribution < 1.29 is 14.6 Å². The van der Waals surface area contributed by atoms with Gasteiger partial charge in [0, 0.05) is 9.35 Å². The maximum absolute atomic E-state index is 10.3. The van der Waals surface area contributed by atoms with Crippen LogP contribution in [0, 0.1) is 0 Å². The second kappa shape index (κ2) is 6.13. The Hall–Kier alpha value is -0.750. The number of hydrogen-bond acceptors (Lipinski definition) is 4. The Morgan fingerprint density at radius 1 is 1.21 bits per heavy atom. The van der Waals surface area contributed by atoms with E-state index >= 15 is 0 Å². The van der Waals surface area contributed by atoms with Gasteiger partial charge in [-0.2, -0.15) is 0 Å². The van der Waals surface area contributed by atoms with Crippen LogP contribution in [0.4, 0.5) is 0 Å². The number of hydrogen-bond donors (Lipinski definition) is 1. The molecule has 102 valence electrons. The van der Waals surface area contributed by atoms with Crippen LogP contribution in [0.3, 0.4) is 0 Å². The summed E-state index contributed by atoms with van der Waals surface area (Å²) in [6.45, 7) is 0. The number of ether oxygens (including phenoxy) is 2. The summed E-state index contributed by atoms with van der Waals surface area (Å²) in [5.74, 6) is 1.21. The maximum Gasteiger partial charge on any atom is 0.161 e. The molecule has 0 radical (unpaired) electrons. The van der Waals surface area contributed by atoms with Gasteiger partial charge < -0.3 is 14.6 Å². The molecule has 3 nitrogen and oxygen atoms in total. The van der Waals surface area contributed by atoms with Crippen molar-refractivity contribution >= 4 is 38.9 Å². The number of aliphatic hydroxyl groups is 1. The lowest BCUT2D eigenvalue weighted by Gasteiger charge is -2.13. The van der Waals surface area contributed by atoms with E-state index in [0.717, 1.165) is 14.9 Å². The predicted molar refractivity (Wildman–Crippen MR) is 80.6 cm³/mol. The fraction of sp³-hybridized carbons (Fsp3) is 0.231. The molecule has 0 aliphatic carbocycles. The first-order valence-electron chi connectivity index (χ1n) is 5.41. The van der Waals surface area contributed by atoms with Crippen molar-refractivity contribution in [3.05, 3.63) is 43.5 Å². The first kappa shape index (κ1) is 14.7. The molecule has 6 heteroatoms. The third-order valence-electron chi connectivity index (χ3n) is 2.66. The molecular formula is C13H12BrClO3S. The predicted octanol–water partition coefficient (Wildman–Crippen LogP) is 4.26.